The lowest BCUT2D eigenvalue weighted by Gasteiger charge is -2.25. The predicted molar refractivity (Wildman–Crippen MR) is 77.6 cm³/mol. The summed E-state index contributed by atoms with van der Waals surface area (Å²) in [5, 5.41) is 3.42. The van der Waals surface area contributed by atoms with Crippen molar-refractivity contribution >= 4 is 21.8 Å². The van der Waals surface area contributed by atoms with Crippen LogP contribution in [0, 0.1) is 0 Å². The van der Waals surface area contributed by atoms with E-state index in [9.17, 15) is 8.42 Å². The van der Waals surface area contributed by atoms with Crippen molar-refractivity contribution in [2.75, 3.05) is 36.9 Å². The minimum absolute atomic E-state index is 0.315. The molecule has 1 N–H and O–H groups in total. The van der Waals surface area contributed by atoms with Crippen molar-refractivity contribution in [1.82, 2.24) is 9.62 Å². The van der Waals surface area contributed by atoms with Crippen LogP contribution in [0.5, 0.6) is 0 Å². The summed E-state index contributed by atoms with van der Waals surface area (Å²) < 4.78 is 26.2. The number of sulfonamides is 1. The molecule has 0 spiro atoms. The Morgan fingerprint density at radius 2 is 2.06 bits per heavy atom. The number of thioether (sulfide) groups is 1. The van der Waals surface area contributed by atoms with E-state index in [-0.39, 0.29) is 0 Å². The second-order valence-electron chi connectivity index (χ2n) is 5.12. The van der Waals surface area contributed by atoms with Gasteiger partial charge in [-0.05, 0) is 38.0 Å². The number of piperidine rings is 1. The third-order valence-electron chi connectivity index (χ3n) is 3.71. The van der Waals surface area contributed by atoms with Crippen molar-refractivity contribution in [2.45, 2.75) is 38.1 Å². The van der Waals surface area contributed by atoms with Gasteiger partial charge in [0.1, 0.15) is 0 Å². The zero-order valence-corrected chi connectivity index (χ0v) is 12.6. The average molecular weight is 292 g/mol. The monoisotopic (exact) mass is 292 g/mol. The summed E-state index contributed by atoms with van der Waals surface area (Å²) in [6, 6.07) is 0.412. The van der Waals surface area contributed by atoms with Gasteiger partial charge < -0.3 is 5.32 Å². The molecule has 0 amide bonds. The molecule has 1 atom stereocenters. The smallest absolute Gasteiger partial charge is 0.214 e. The first-order chi connectivity index (χ1) is 8.68. The molecule has 2 saturated heterocycles. The maximum Gasteiger partial charge on any atom is 0.214 e. The van der Waals surface area contributed by atoms with Gasteiger partial charge in [0.15, 0.2) is 0 Å². The fourth-order valence-corrected chi connectivity index (χ4v) is 5.21. The van der Waals surface area contributed by atoms with Gasteiger partial charge in [-0.25, -0.2) is 12.7 Å². The second kappa shape index (κ2) is 7.12. The van der Waals surface area contributed by atoms with Gasteiger partial charge >= 0.3 is 0 Å². The minimum Gasteiger partial charge on any atom is -0.314 e. The summed E-state index contributed by atoms with van der Waals surface area (Å²) in [4.78, 5) is 0. The number of rotatable bonds is 4. The van der Waals surface area contributed by atoms with Crippen molar-refractivity contribution in [2.24, 2.45) is 0 Å². The molecular weight excluding hydrogens is 268 g/mol. The van der Waals surface area contributed by atoms with E-state index < -0.39 is 10.0 Å². The molecule has 106 valence electrons. The van der Waals surface area contributed by atoms with Crippen molar-refractivity contribution in [3.8, 4) is 0 Å². The number of nitrogens with one attached hydrogen (secondary N) is 1. The van der Waals surface area contributed by atoms with E-state index in [1.165, 1.54) is 12.8 Å². The van der Waals surface area contributed by atoms with Crippen LogP contribution in [0.1, 0.15) is 32.1 Å². The van der Waals surface area contributed by atoms with Crippen LogP contribution in [0.15, 0.2) is 0 Å². The lowest BCUT2D eigenvalue weighted by atomic mass is 10.0. The Bertz CT molecular complexity index is 332. The molecule has 2 aliphatic rings. The molecule has 4 nitrogen and oxygen atoms in total. The predicted octanol–water partition coefficient (Wildman–Crippen LogP) is 1.29. The van der Waals surface area contributed by atoms with Crippen molar-refractivity contribution in [1.29, 1.82) is 0 Å². The Morgan fingerprint density at radius 1 is 1.17 bits per heavy atom. The Labute approximate surface area is 115 Å². The maximum absolute atomic E-state index is 12.3. The Morgan fingerprint density at radius 3 is 2.83 bits per heavy atom. The number of nitrogens with zero attached hydrogens (tertiary/aromatic N) is 1. The summed E-state index contributed by atoms with van der Waals surface area (Å²) >= 11 is 1.86. The fourth-order valence-electron chi connectivity index (χ4n) is 2.59. The van der Waals surface area contributed by atoms with Crippen LogP contribution in [0.3, 0.4) is 0 Å². The molecule has 0 saturated carbocycles. The molecule has 0 aromatic heterocycles. The number of hydrogen-bond donors (Lipinski definition) is 1. The van der Waals surface area contributed by atoms with Gasteiger partial charge in [0.2, 0.25) is 10.0 Å². The summed E-state index contributed by atoms with van der Waals surface area (Å²) in [5.41, 5.74) is 0. The standard InChI is InChI=1S/C12H24N2O2S2/c15-18(16,14-7-3-9-17-10-8-14)11-5-12-4-1-2-6-13-12/h12-13H,1-11H2. The zero-order chi connectivity index (χ0) is 12.8. The Hall–Kier alpha value is 0.220. The highest BCUT2D eigenvalue weighted by atomic mass is 32.2. The summed E-state index contributed by atoms with van der Waals surface area (Å²) in [6.45, 7) is 2.46. The molecule has 2 rings (SSSR count). The third-order valence-corrected chi connectivity index (χ3v) is 6.66. The normalized spacial score (nSPS) is 27.9. The summed E-state index contributed by atoms with van der Waals surface area (Å²) in [5.74, 6) is 2.35. The van der Waals surface area contributed by atoms with Gasteiger partial charge in [0, 0.05) is 24.9 Å². The lowest BCUT2D eigenvalue weighted by Crippen LogP contribution is -2.39. The molecular formula is C12H24N2O2S2. The van der Waals surface area contributed by atoms with Crippen LogP contribution >= 0.6 is 11.8 Å². The largest absolute Gasteiger partial charge is 0.314 e. The lowest BCUT2D eigenvalue weighted by molar-refractivity contribution is 0.385. The highest BCUT2D eigenvalue weighted by Crippen LogP contribution is 2.16. The van der Waals surface area contributed by atoms with E-state index in [0.717, 1.165) is 37.3 Å². The van der Waals surface area contributed by atoms with Crippen LogP contribution < -0.4 is 5.32 Å². The molecule has 0 aliphatic carbocycles. The zero-order valence-electron chi connectivity index (χ0n) is 10.9. The van der Waals surface area contributed by atoms with Gasteiger partial charge in [0.25, 0.3) is 0 Å². The Balaban J connectivity index is 1.81. The van der Waals surface area contributed by atoms with Crippen LogP contribution in [0.25, 0.3) is 0 Å². The molecule has 2 fully saturated rings. The first-order valence-electron chi connectivity index (χ1n) is 6.97. The molecule has 0 radical (unpaired) electrons. The third kappa shape index (κ3) is 4.40. The minimum atomic E-state index is -3.03. The van der Waals surface area contributed by atoms with Crippen LogP contribution in [0.4, 0.5) is 0 Å². The van der Waals surface area contributed by atoms with E-state index in [2.05, 4.69) is 5.32 Å². The molecule has 2 heterocycles. The van der Waals surface area contributed by atoms with E-state index >= 15 is 0 Å². The topological polar surface area (TPSA) is 49.4 Å². The second-order valence-corrected chi connectivity index (χ2v) is 8.43. The molecule has 0 bridgehead atoms. The molecule has 0 aromatic carbocycles. The first-order valence-corrected chi connectivity index (χ1v) is 9.74. The molecule has 1 unspecified atom stereocenters. The first kappa shape index (κ1) is 14.6. The average Bonchev–Trinajstić information content (AvgIpc) is 2.67. The van der Waals surface area contributed by atoms with Crippen LogP contribution in [-0.2, 0) is 10.0 Å². The maximum atomic E-state index is 12.3. The van der Waals surface area contributed by atoms with Gasteiger partial charge in [0.05, 0.1) is 5.75 Å². The summed E-state index contributed by atoms with van der Waals surface area (Å²) in [7, 11) is -3.03. The van der Waals surface area contributed by atoms with Gasteiger partial charge in [-0.15, -0.1) is 0 Å². The van der Waals surface area contributed by atoms with E-state index in [1.54, 1.807) is 4.31 Å². The highest BCUT2D eigenvalue weighted by molar-refractivity contribution is 7.99. The molecule has 6 heteroatoms. The van der Waals surface area contributed by atoms with E-state index in [0.29, 0.717) is 24.9 Å². The molecule has 0 aromatic rings. The van der Waals surface area contributed by atoms with E-state index in [4.69, 9.17) is 0 Å². The fraction of sp³-hybridized carbons (Fsp3) is 1.00. The molecule has 18 heavy (non-hydrogen) atoms. The van der Waals surface area contributed by atoms with Gasteiger partial charge in [-0.3, -0.25) is 0 Å². The van der Waals surface area contributed by atoms with Gasteiger partial charge in [-0.1, -0.05) is 6.42 Å². The quantitative estimate of drug-likeness (QED) is 0.848. The van der Waals surface area contributed by atoms with E-state index in [1.807, 2.05) is 11.8 Å². The van der Waals surface area contributed by atoms with Gasteiger partial charge in [-0.2, -0.15) is 11.8 Å². The number of hydrogen-bond acceptors (Lipinski definition) is 4. The van der Waals surface area contributed by atoms with Crippen molar-refractivity contribution < 1.29 is 8.42 Å². The molecule has 2 aliphatic heterocycles. The van der Waals surface area contributed by atoms with Crippen LogP contribution in [-0.4, -0.2) is 55.7 Å². The SMILES string of the molecule is O=S(=O)(CCC1CCCCN1)N1CCCSCC1. The highest BCUT2D eigenvalue weighted by Gasteiger charge is 2.24. The van der Waals surface area contributed by atoms with Crippen molar-refractivity contribution in [3.05, 3.63) is 0 Å². The van der Waals surface area contributed by atoms with Crippen LogP contribution in [0.2, 0.25) is 0 Å². The summed E-state index contributed by atoms with van der Waals surface area (Å²) in [6.07, 6.45) is 5.35. The van der Waals surface area contributed by atoms with Crippen molar-refractivity contribution in [3.63, 3.8) is 0 Å². The Kier molecular flexibility index (Phi) is 5.79.